The lowest BCUT2D eigenvalue weighted by Crippen LogP contribution is -2.26. The Morgan fingerprint density at radius 3 is 2.77 bits per heavy atom. The fourth-order valence-electron chi connectivity index (χ4n) is 2.50. The highest BCUT2D eigenvalue weighted by Gasteiger charge is 2.19. The zero-order valence-corrected chi connectivity index (χ0v) is 13.1. The Labute approximate surface area is 128 Å². The standard InChI is InChI=1S/C16H18N4O2/c1-10-7-11(2)20-15(18-10)14(8-17-20)16(21)19(4)9-13-6-5-12(3)22-13/h5-8H,9H2,1-4H3. The van der Waals surface area contributed by atoms with Gasteiger partial charge in [-0.2, -0.15) is 5.10 Å². The molecule has 3 aromatic rings. The fourth-order valence-corrected chi connectivity index (χ4v) is 2.50. The molecule has 0 saturated heterocycles. The summed E-state index contributed by atoms with van der Waals surface area (Å²) < 4.78 is 7.20. The number of aryl methyl sites for hydroxylation is 3. The molecule has 0 aliphatic heterocycles. The van der Waals surface area contributed by atoms with Crippen molar-refractivity contribution in [2.75, 3.05) is 7.05 Å². The molecule has 0 radical (unpaired) electrons. The molecule has 3 heterocycles. The summed E-state index contributed by atoms with van der Waals surface area (Å²) in [5.41, 5.74) is 2.90. The first-order valence-electron chi connectivity index (χ1n) is 7.08. The van der Waals surface area contributed by atoms with Gasteiger partial charge in [-0.25, -0.2) is 9.50 Å². The second-order valence-corrected chi connectivity index (χ2v) is 5.51. The number of rotatable bonds is 3. The molecule has 0 saturated carbocycles. The number of carbonyl (C=O) groups excluding carboxylic acids is 1. The van der Waals surface area contributed by atoms with E-state index < -0.39 is 0 Å². The van der Waals surface area contributed by atoms with E-state index in [1.807, 2.05) is 39.0 Å². The molecule has 114 valence electrons. The van der Waals surface area contributed by atoms with Crippen LogP contribution in [0.15, 0.2) is 28.8 Å². The molecular weight excluding hydrogens is 280 g/mol. The summed E-state index contributed by atoms with van der Waals surface area (Å²) in [5, 5.41) is 4.26. The predicted molar refractivity (Wildman–Crippen MR) is 81.7 cm³/mol. The maximum Gasteiger partial charge on any atom is 0.259 e. The first kappa shape index (κ1) is 14.3. The minimum Gasteiger partial charge on any atom is -0.464 e. The van der Waals surface area contributed by atoms with Crippen LogP contribution in [-0.4, -0.2) is 32.5 Å². The molecule has 22 heavy (non-hydrogen) atoms. The third kappa shape index (κ3) is 2.47. The molecule has 0 aliphatic rings. The zero-order valence-electron chi connectivity index (χ0n) is 13.1. The minimum absolute atomic E-state index is 0.124. The monoisotopic (exact) mass is 298 g/mol. The Balaban J connectivity index is 1.91. The van der Waals surface area contributed by atoms with E-state index in [1.54, 1.807) is 22.7 Å². The molecule has 0 aromatic carbocycles. The third-order valence-corrected chi connectivity index (χ3v) is 3.54. The number of furan rings is 1. The summed E-state index contributed by atoms with van der Waals surface area (Å²) in [6, 6.07) is 5.70. The van der Waals surface area contributed by atoms with Crippen molar-refractivity contribution in [1.29, 1.82) is 0 Å². The van der Waals surface area contributed by atoms with Crippen LogP contribution in [0, 0.1) is 20.8 Å². The molecule has 0 atom stereocenters. The second kappa shape index (κ2) is 5.29. The van der Waals surface area contributed by atoms with Crippen molar-refractivity contribution in [2.45, 2.75) is 27.3 Å². The number of hydrogen-bond acceptors (Lipinski definition) is 4. The first-order chi connectivity index (χ1) is 10.5. The lowest BCUT2D eigenvalue weighted by atomic mass is 10.2. The summed E-state index contributed by atoms with van der Waals surface area (Å²) in [5.74, 6) is 1.46. The number of carbonyl (C=O) groups is 1. The summed E-state index contributed by atoms with van der Waals surface area (Å²) in [4.78, 5) is 18.7. The highest BCUT2D eigenvalue weighted by Crippen LogP contribution is 2.16. The van der Waals surface area contributed by atoms with Crippen LogP contribution in [0.25, 0.3) is 5.65 Å². The summed E-state index contributed by atoms with van der Waals surface area (Å²) in [6.07, 6.45) is 1.57. The molecule has 6 heteroatoms. The van der Waals surface area contributed by atoms with Crippen LogP contribution in [0.2, 0.25) is 0 Å². The van der Waals surface area contributed by atoms with Crippen molar-refractivity contribution in [3.8, 4) is 0 Å². The van der Waals surface area contributed by atoms with Crippen LogP contribution in [0.1, 0.15) is 33.3 Å². The maximum atomic E-state index is 12.6. The van der Waals surface area contributed by atoms with Gasteiger partial charge in [-0.15, -0.1) is 0 Å². The molecule has 0 spiro atoms. The van der Waals surface area contributed by atoms with Crippen LogP contribution in [-0.2, 0) is 6.54 Å². The predicted octanol–water partition coefficient (Wildman–Crippen LogP) is 2.52. The number of aromatic nitrogens is 3. The number of fused-ring (bicyclic) bond motifs is 1. The summed E-state index contributed by atoms with van der Waals surface area (Å²) >= 11 is 0. The van der Waals surface area contributed by atoms with Gasteiger partial charge < -0.3 is 9.32 Å². The molecule has 0 aliphatic carbocycles. The lowest BCUT2D eigenvalue weighted by Gasteiger charge is -2.14. The molecule has 3 rings (SSSR count). The van der Waals surface area contributed by atoms with Gasteiger partial charge in [-0.3, -0.25) is 4.79 Å². The molecule has 3 aromatic heterocycles. The molecule has 1 amide bonds. The Kier molecular flexibility index (Phi) is 3.44. The van der Waals surface area contributed by atoms with Gasteiger partial charge in [-0.1, -0.05) is 0 Å². The van der Waals surface area contributed by atoms with Crippen LogP contribution < -0.4 is 0 Å². The smallest absolute Gasteiger partial charge is 0.259 e. The number of hydrogen-bond donors (Lipinski definition) is 0. The van der Waals surface area contributed by atoms with E-state index in [2.05, 4.69) is 10.1 Å². The Morgan fingerprint density at radius 2 is 2.09 bits per heavy atom. The van der Waals surface area contributed by atoms with Gasteiger partial charge in [0.1, 0.15) is 17.1 Å². The maximum absolute atomic E-state index is 12.6. The Bertz CT molecular complexity index is 847. The van der Waals surface area contributed by atoms with E-state index in [-0.39, 0.29) is 5.91 Å². The van der Waals surface area contributed by atoms with Crippen molar-refractivity contribution in [2.24, 2.45) is 0 Å². The van der Waals surface area contributed by atoms with Crippen molar-refractivity contribution in [1.82, 2.24) is 19.5 Å². The Hall–Kier alpha value is -2.63. The lowest BCUT2D eigenvalue weighted by molar-refractivity contribution is 0.0776. The average Bonchev–Trinajstić information content (AvgIpc) is 3.04. The van der Waals surface area contributed by atoms with Gasteiger partial charge in [0.2, 0.25) is 0 Å². The van der Waals surface area contributed by atoms with Gasteiger partial charge in [0.15, 0.2) is 5.65 Å². The van der Waals surface area contributed by atoms with E-state index in [0.717, 1.165) is 22.9 Å². The van der Waals surface area contributed by atoms with Crippen LogP contribution in [0.3, 0.4) is 0 Å². The van der Waals surface area contributed by atoms with E-state index in [4.69, 9.17) is 4.42 Å². The minimum atomic E-state index is -0.124. The largest absolute Gasteiger partial charge is 0.464 e. The molecule has 0 unspecified atom stereocenters. The van der Waals surface area contributed by atoms with Crippen molar-refractivity contribution in [3.63, 3.8) is 0 Å². The van der Waals surface area contributed by atoms with E-state index >= 15 is 0 Å². The molecule has 0 bridgehead atoms. The quantitative estimate of drug-likeness (QED) is 0.745. The van der Waals surface area contributed by atoms with Gasteiger partial charge in [0, 0.05) is 18.4 Å². The Morgan fingerprint density at radius 1 is 1.32 bits per heavy atom. The molecule has 0 fully saturated rings. The average molecular weight is 298 g/mol. The van der Waals surface area contributed by atoms with Crippen LogP contribution >= 0.6 is 0 Å². The third-order valence-electron chi connectivity index (χ3n) is 3.54. The fraction of sp³-hybridized carbons (Fsp3) is 0.312. The summed E-state index contributed by atoms with van der Waals surface area (Å²) in [6.45, 7) is 6.14. The van der Waals surface area contributed by atoms with Gasteiger partial charge in [0.05, 0.1) is 12.7 Å². The molecule has 6 nitrogen and oxygen atoms in total. The highest BCUT2D eigenvalue weighted by atomic mass is 16.3. The zero-order chi connectivity index (χ0) is 15.9. The molecular formula is C16H18N4O2. The van der Waals surface area contributed by atoms with Gasteiger partial charge in [0.25, 0.3) is 5.91 Å². The van der Waals surface area contributed by atoms with Crippen molar-refractivity contribution < 1.29 is 9.21 Å². The van der Waals surface area contributed by atoms with E-state index in [1.165, 1.54) is 0 Å². The normalized spacial score (nSPS) is 11.1. The van der Waals surface area contributed by atoms with E-state index in [0.29, 0.717) is 17.8 Å². The van der Waals surface area contributed by atoms with Crippen LogP contribution in [0.5, 0.6) is 0 Å². The van der Waals surface area contributed by atoms with Gasteiger partial charge in [-0.05, 0) is 39.0 Å². The number of nitrogens with zero attached hydrogens (tertiary/aromatic N) is 4. The second-order valence-electron chi connectivity index (χ2n) is 5.51. The van der Waals surface area contributed by atoms with Gasteiger partial charge >= 0.3 is 0 Å². The van der Waals surface area contributed by atoms with Crippen molar-refractivity contribution in [3.05, 3.63) is 52.9 Å². The van der Waals surface area contributed by atoms with Crippen molar-refractivity contribution >= 4 is 11.6 Å². The van der Waals surface area contributed by atoms with E-state index in [9.17, 15) is 4.79 Å². The summed E-state index contributed by atoms with van der Waals surface area (Å²) in [7, 11) is 1.74. The SMILES string of the molecule is Cc1cc(C)n2ncc(C(=O)N(C)Cc3ccc(C)o3)c2n1. The molecule has 0 N–H and O–H groups in total. The first-order valence-corrected chi connectivity index (χ1v) is 7.08. The topological polar surface area (TPSA) is 63.6 Å². The van der Waals surface area contributed by atoms with Crippen LogP contribution in [0.4, 0.5) is 0 Å². The number of amides is 1. The highest BCUT2D eigenvalue weighted by molar-refractivity contribution is 5.99.